The molecule has 2 aromatic carbocycles. The standard InChI is InChI=1S/C26H32N2O2/c1-17(24-22-11-7-5-9-20(22)21-10-6-8-12-23(21)24)30-25(29)28-27-19-15-13-18(14-16-19)26(2,3)4/h5-12,17-18,24H,13-16H2,1-4H3,(H,28,29). The fraction of sp³-hybridized carbons (Fsp3) is 0.462. The van der Waals surface area contributed by atoms with Crippen LogP contribution < -0.4 is 5.43 Å². The quantitative estimate of drug-likeness (QED) is 0.593. The van der Waals surface area contributed by atoms with Gasteiger partial charge in [-0.25, -0.2) is 10.2 Å². The Morgan fingerprint density at radius 3 is 2.07 bits per heavy atom. The van der Waals surface area contributed by atoms with E-state index >= 15 is 0 Å². The number of nitrogens with zero attached hydrogens (tertiary/aromatic N) is 1. The van der Waals surface area contributed by atoms with Gasteiger partial charge in [-0.05, 0) is 66.2 Å². The van der Waals surface area contributed by atoms with E-state index in [1.807, 2.05) is 19.1 Å². The van der Waals surface area contributed by atoms with Crippen molar-refractivity contribution in [2.45, 2.75) is 65.4 Å². The summed E-state index contributed by atoms with van der Waals surface area (Å²) in [5.41, 5.74) is 8.92. The molecule has 4 rings (SSSR count). The number of ether oxygens (including phenoxy) is 1. The maximum Gasteiger partial charge on any atom is 0.428 e. The molecule has 0 bridgehead atoms. The SMILES string of the molecule is CC(OC(=O)NN=C1CCC(C(C)(C)C)CC1)C1c2ccccc2-c2ccccc21. The van der Waals surface area contributed by atoms with Gasteiger partial charge < -0.3 is 4.74 Å². The highest BCUT2D eigenvalue weighted by atomic mass is 16.6. The van der Waals surface area contributed by atoms with Gasteiger partial charge in [0, 0.05) is 11.6 Å². The molecule has 1 N–H and O–H groups in total. The molecule has 1 amide bonds. The van der Waals surface area contributed by atoms with E-state index in [0.29, 0.717) is 11.3 Å². The summed E-state index contributed by atoms with van der Waals surface area (Å²) in [6.07, 6.45) is 3.39. The summed E-state index contributed by atoms with van der Waals surface area (Å²) in [6, 6.07) is 16.7. The zero-order chi connectivity index (χ0) is 21.3. The molecule has 0 radical (unpaired) electrons. The minimum atomic E-state index is -0.477. The van der Waals surface area contributed by atoms with E-state index < -0.39 is 6.09 Å². The molecular formula is C26H32N2O2. The first-order valence-corrected chi connectivity index (χ1v) is 11.0. The average Bonchev–Trinajstić information content (AvgIpc) is 3.06. The van der Waals surface area contributed by atoms with Crippen LogP contribution in [0.3, 0.4) is 0 Å². The summed E-state index contributed by atoms with van der Waals surface area (Å²) in [5, 5.41) is 4.36. The second-order valence-electron chi connectivity index (χ2n) is 9.69. The third-order valence-corrected chi connectivity index (χ3v) is 6.74. The van der Waals surface area contributed by atoms with Crippen molar-refractivity contribution in [2.75, 3.05) is 0 Å². The van der Waals surface area contributed by atoms with Gasteiger partial charge in [-0.2, -0.15) is 5.10 Å². The van der Waals surface area contributed by atoms with Crippen molar-refractivity contribution in [3.8, 4) is 11.1 Å². The van der Waals surface area contributed by atoms with Gasteiger partial charge >= 0.3 is 6.09 Å². The summed E-state index contributed by atoms with van der Waals surface area (Å²) in [7, 11) is 0. The van der Waals surface area contributed by atoms with E-state index in [0.717, 1.165) is 31.4 Å². The summed E-state index contributed by atoms with van der Waals surface area (Å²) in [4.78, 5) is 12.5. The topological polar surface area (TPSA) is 50.7 Å². The number of rotatable bonds is 3. The molecule has 0 saturated heterocycles. The minimum Gasteiger partial charge on any atom is -0.444 e. The highest BCUT2D eigenvalue weighted by Crippen LogP contribution is 2.46. The molecule has 0 aromatic heterocycles. The Morgan fingerprint density at radius 1 is 1.00 bits per heavy atom. The van der Waals surface area contributed by atoms with Crippen molar-refractivity contribution >= 4 is 11.8 Å². The molecule has 30 heavy (non-hydrogen) atoms. The lowest BCUT2D eigenvalue weighted by atomic mass is 9.72. The van der Waals surface area contributed by atoms with Crippen molar-refractivity contribution in [1.82, 2.24) is 5.43 Å². The molecule has 1 saturated carbocycles. The molecule has 2 aliphatic carbocycles. The summed E-state index contributed by atoms with van der Waals surface area (Å²) < 4.78 is 5.76. The molecule has 0 spiro atoms. The first-order chi connectivity index (χ1) is 14.3. The first-order valence-electron chi connectivity index (χ1n) is 11.0. The van der Waals surface area contributed by atoms with E-state index in [2.05, 4.69) is 67.7 Å². The lowest BCUT2D eigenvalue weighted by Gasteiger charge is -2.34. The maximum atomic E-state index is 12.5. The van der Waals surface area contributed by atoms with E-state index in [4.69, 9.17) is 4.74 Å². The van der Waals surface area contributed by atoms with Crippen LogP contribution in [0.1, 0.15) is 70.4 Å². The van der Waals surface area contributed by atoms with Crippen molar-refractivity contribution in [2.24, 2.45) is 16.4 Å². The van der Waals surface area contributed by atoms with Gasteiger partial charge in [-0.3, -0.25) is 0 Å². The number of hydrogen-bond donors (Lipinski definition) is 1. The number of hydrogen-bond acceptors (Lipinski definition) is 3. The predicted octanol–water partition coefficient (Wildman–Crippen LogP) is 6.51. The van der Waals surface area contributed by atoms with Gasteiger partial charge in [-0.1, -0.05) is 69.3 Å². The fourth-order valence-corrected chi connectivity index (χ4v) is 5.02. The van der Waals surface area contributed by atoms with Crippen LogP contribution in [0.4, 0.5) is 4.79 Å². The number of amides is 1. The third-order valence-electron chi connectivity index (χ3n) is 6.74. The number of carbonyl (C=O) groups is 1. The molecule has 2 aliphatic rings. The van der Waals surface area contributed by atoms with Crippen LogP contribution in [0, 0.1) is 11.3 Å². The molecule has 1 atom stereocenters. The number of carbonyl (C=O) groups excluding carboxylic acids is 1. The Kier molecular flexibility index (Phi) is 5.68. The Bertz CT molecular complexity index is 902. The van der Waals surface area contributed by atoms with Crippen LogP contribution in [-0.4, -0.2) is 17.9 Å². The summed E-state index contributed by atoms with van der Waals surface area (Å²) >= 11 is 0. The van der Waals surface area contributed by atoms with Gasteiger partial charge in [0.25, 0.3) is 0 Å². The molecule has 0 aliphatic heterocycles. The summed E-state index contributed by atoms with van der Waals surface area (Å²) in [6.45, 7) is 8.87. The summed E-state index contributed by atoms with van der Waals surface area (Å²) in [5.74, 6) is 0.754. The molecule has 0 heterocycles. The van der Waals surface area contributed by atoms with Crippen molar-refractivity contribution in [1.29, 1.82) is 0 Å². The van der Waals surface area contributed by atoms with Crippen LogP contribution in [0.2, 0.25) is 0 Å². The highest BCUT2D eigenvalue weighted by Gasteiger charge is 2.34. The van der Waals surface area contributed by atoms with E-state index in [1.165, 1.54) is 22.3 Å². The fourth-order valence-electron chi connectivity index (χ4n) is 5.02. The maximum absolute atomic E-state index is 12.5. The number of fused-ring (bicyclic) bond motifs is 3. The van der Waals surface area contributed by atoms with Crippen LogP contribution in [0.25, 0.3) is 11.1 Å². The van der Waals surface area contributed by atoms with Gasteiger partial charge in [0.2, 0.25) is 0 Å². The van der Waals surface area contributed by atoms with E-state index in [-0.39, 0.29) is 12.0 Å². The second-order valence-corrected chi connectivity index (χ2v) is 9.69. The second kappa shape index (κ2) is 8.25. The smallest absolute Gasteiger partial charge is 0.428 e. The Labute approximate surface area is 179 Å². The molecule has 4 nitrogen and oxygen atoms in total. The van der Waals surface area contributed by atoms with Crippen LogP contribution in [0.5, 0.6) is 0 Å². The lowest BCUT2D eigenvalue weighted by Crippen LogP contribution is -2.30. The Morgan fingerprint density at radius 2 is 1.53 bits per heavy atom. The van der Waals surface area contributed by atoms with Gasteiger partial charge in [0.15, 0.2) is 0 Å². The molecule has 4 heteroatoms. The number of nitrogens with one attached hydrogen (secondary N) is 1. The average molecular weight is 405 g/mol. The van der Waals surface area contributed by atoms with E-state index in [9.17, 15) is 4.79 Å². The van der Waals surface area contributed by atoms with Crippen LogP contribution in [0.15, 0.2) is 53.6 Å². The molecule has 158 valence electrons. The van der Waals surface area contributed by atoms with E-state index in [1.54, 1.807) is 0 Å². The molecule has 2 aromatic rings. The zero-order valence-corrected chi connectivity index (χ0v) is 18.4. The third kappa shape index (κ3) is 4.14. The first kappa shape index (κ1) is 20.6. The van der Waals surface area contributed by atoms with Crippen molar-refractivity contribution in [3.05, 3.63) is 59.7 Å². The van der Waals surface area contributed by atoms with Crippen LogP contribution >= 0.6 is 0 Å². The lowest BCUT2D eigenvalue weighted by molar-refractivity contribution is 0.0991. The Hall–Kier alpha value is -2.62. The Balaban J connectivity index is 1.39. The highest BCUT2D eigenvalue weighted by molar-refractivity contribution is 5.86. The van der Waals surface area contributed by atoms with Crippen molar-refractivity contribution < 1.29 is 9.53 Å². The van der Waals surface area contributed by atoms with Crippen LogP contribution in [-0.2, 0) is 4.74 Å². The van der Waals surface area contributed by atoms with Gasteiger partial charge in [-0.15, -0.1) is 0 Å². The van der Waals surface area contributed by atoms with Crippen molar-refractivity contribution in [3.63, 3.8) is 0 Å². The van der Waals surface area contributed by atoms with Gasteiger partial charge in [0.05, 0.1) is 0 Å². The zero-order valence-electron chi connectivity index (χ0n) is 18.4. The largest absolute Gasteiger partial charge is 0.444 e. The number of hydrazone groups is 1. The predicted molar refractivity (Wildman–Crippen MR) is 122 cm³/mol. The minimum absolute atomic E-state index is 0.0398. The number of benzene rings is 2. The molecular weight excluding hydrogens is 372 g/mol. The normalized spacial score (nSPS) is 19.6. The van der Waals surface area contributed by atoms with Gasteiger partial charge in [0.1, 0.15) is 6.10 Å². The molecule has 1 unspecified atom stereocenters. The monoisotopic (exact) mass is 404 g/mol. The molecule has 1 fully saturated rings.